The molecule has 10 nitrogen and oxygen atoms in total. The number of carbonyl (C=O) groups is 3. The summed E-state index contributed by atoms with van der Waals surface area (Å²) in [5.74, 6) is -1.01. The van der Waals surface area contributed by atoms with Gasteiger partial charge >= 0.3 is 0 Å². The van der Waals surface area contributed by atoms with Crippen molar-refractivity contribution in [2.24, 2.45) is 5.92 Å². The molecule has 1 N–H and O–H groups in total. The molecule has 2 amide bonds. The molecule has 0 aliphatic carbocycles. The zero-order valence-corrected chi connectivity index (χ0v) is 25.1. The molecule has 12 heteroatoms. The minimum Gasteiger partial charge on any atom is -0.322 e. The topological polar surface area (TPSA) is 123 Å². The van der Waals surface area contributed by atoms with Gasteiger partial charge in [-0.2, -0.15) is 5.10 Å². The number of nitrogens with one attached hydrogen (secondary N) is 1. The van der Waals surface area contributed by atoms with Crippen LogP contribution in [0.3, 0.4) is 0 Å². The maximum absolute atomic E-state index is 15.9. The Kier molecular flexibility index (Phi) is 8.00. The van der Waals surface area contributed by atoms with Gasteiger partial charge in [-0.25, -0.2) is 19.3 Å². The SMILES string of the molecule is C=C[C@@H]1[C@@H](C)C[C@@H](C(=O)Nc2nc(Br)ccc2C)N1C(=O)Cn1nc(C(C)=O)c2c(F)c(-c3cnc(C)nc3)ccc21. The number of aromatic nitrogens is 5. The molecule has 3 atom stereocenters. The average molecular weight is 635 g/mol. The van der Waals surface area contributed by atoms with E-state index in [1.54, 1.807) is 31.2 Å². The lowest BCUT2D eigenvalue weighted by Crippen LogP contribution is -2.48. The van der Waals surface area contributed by atoms with Crippen molar-refractivity contribution in [2.45, 2.75) is 52.7 Å². The molecule has 1 aliphatic rings. The fraction of sp³-hybridized carbons (Fsp3) is 0.300. The normalized spacial score (nSPS) is 18.3. The van der Waals surface area contributed by atoms with E-state index in [2.05, 4.69) is 47.9 Å². The second-order valence-electron chi connectivity index (χ2n) is 10.4. The predicted molar refractivity (Wildman–Crippen MR) is 159 cm³/mol. The molecular weight excluding hydrogens is 605 g/mol. The van der Waals surface area contributed by atoms with E-state index in [9.17, 15) is 14.4 Å². The van der Waals surface area contributed by atoms with Crippen LogP contribution in [0.1, 0.15) is 42.1 Å². The van der Waals surface area contributed by atoms with Crippen molar-refractivity contribution < 1.29 is 18.8 Å². The molecule has 5 rings (SSSR count). The van der Waals surface area contributed by atoms with Crippen molar-refractivity contribution in [1.82, 2.24) is 29.6 Å². The molecule has 4 aromatic rings. The number of halogens is 2. The monoisotopic (exact) mass is 633 g/mol. The highest BCUT2D eigenvalue weighted by molar-refractivity contribution is 9.10. The number of carbonyl (C=O) groups excluding carboxylic acids is 3. The van der Waals surface area contributed by atoms with Gasteiger partial charge in [0.1, 0.15) is 40.3 Å². The Hall–Kier alpha value is -4.32. The minimum absolute atomic E-state index is 0.00827. The lowest BCUT2D eigenvalue weighted by molar-refractivity contribution is -0.138. The molecule has 1 aromatic carbocycles. The van der Waals surface area contributed by atoms with Crippen molar-refractivity contribution >= 4 is 50.2 Å². The number of aryl methyl sites for hydroxylation is 2. The van der Waals surface area contributed by atoms with Gasteiger partial charge in [-0.3, -0.25) is 19.1 Å². The molecule has 4 heterocycles. The summed E-state index contributed by atoms with van der Waals surface area (Å²) in [6.45, 7) is 10.4. The number of nitrogens with zero attached hydrogens (tertiary/aromatic N) is 6. The summed E-state index contributed by atoms with van der Waals surface area (Å²) in [7, 11) is 0. The van der Waals surface area contributed by atoms with Gasteiger partial charge in [0.05, 0.1) is 16.9 Å². The number of ketones is 1. The van der Waals surface area contributed by atoms with Crippen LogP contribution in [0.15, 0.2) is 53.9 Å². The quantitative estimate of drug-likeness (QED) is 0.172. The van der Waals surface area contributed by atoms with Crippen molar-refractivity contribution in [1.29, 1.82) is 0 Å². The number of amides is 2. The van der Waals surface area contributed by atoms with E-state index >= 15 is 4.39 Å². The van der Waals surface area contributed by atoms with Gasteiger partial charge in [0, 0.05) is 30.4 Å². The van der Waals surface area contributed by atoms with Crippen LogP contribution in [0.2, 0.25) is 0 Å². The Labute approximate surface area is 250 Å². The zero-order valence-electron chi connectivity index (χ0n) is 23.6. The van der Waals surface area contributed by atoms with Gasteiger partial charge in [-0.05, 0) is 65.9 Å². The number of Topliss-reactive ketones (excluding diaryl/α,β-unsaturated/α-hetero) is 1. The first-order valence-corrected chi connectivity index (χ1v) is 14.2. The van der Waals surface area contributed by atoms with Crippen LogP contribution in [0.4, 0.5) is 10.2 Å². The molecule has 216 valence electrons. The summed E-state index contributed by atoms with van der Waals surface area (Å²) in [6.07, 6.45) is 5.08. The second kappa shape index (κ2) is 11.5. The van der Waals surface area contributed by atoms with Crippen LogP contribution >= 0.6 is 15.9 Å². The summed E-state index contributed by atoms with van der Waals surface area (Å²) in [5, 5.41) is 7.21. The highest BCUT2D eigenvalue weighted by Crippen LogP contribution is 2.34. The summed E-state index contributed by atoms with van der Waals surface area (Å²) in [6, 6.07) is 5.55. The largest absolute Gasteiger partial charge is 0.322 e. The minimum atomic E-state index is -0.797. The zero-order chi connectivity index (χ0) is 30.3. The third kappa shape index (κ3) is 5.34. The van der Waals surface area contributed by atoms with Crippen LogP contribution in [0, 0.1) is 25.6 Å². The number of benzene rings is 1. The van der Waals surface area contributed by atoms with Gasteiger partial charge in [0.2, 0.25) is 11.8 Å². The van der Waals surface area contributed by atoms with Gasteiger partial charge in [-0.1, -0.05) is 19.1 Å². The Morgan fingerprint density at radius 1 is 1.17 bits per heavy atom. The lowest BCUT2D eigenvalue weighted by Gasteiger charge is -2.29. The molecule has 0 radical (unpaired) electrons. The van der Waals surface area contributed by atoms with Crippen LogP contribution in [-0.2, 0) is 16.1 Å². The van der Waals surface area contributed by atoms with Crippen LogP contribution < -0.4 is 5.32 Å². The van der Waals surface area contributed by atoms with Crippen molar-refractivity contribution in [2.75, 3.05) is 5.32 Å². The van der Waals surface area contributed by atoms with E-state index in [1.807, 2.05) is 19.9 Å². The Balaban J connectivity index is 1.49. The van der Waals surface area contributed by atoms with E-state index in [1.165, 1.54) is 28.9 Å². The standard InChI is InChI=1S/C30H29BrFN7O3/c1-6-21-16(3)11-23(30(42)36-29-15(2)7-10-24(31)35-29)39(21)25(41)14-38-22-9-8-20(19-12-33-18(5)34-13-19)27(32)26(22)28(37-38)17(4)40/h6-10,12-13,16,21,23H,1,11,14H2,2-5H3,(H,35,36,42)/t16-,21+,23-/m0/s1. The maximum Gasteiger partial charge on any atom is 0.248 e. The van der Waals surface area contributed by atoms with Crippen molar-refractivity contribution in [3.05, 3.63) is 76.8 Å². The first-order chi connectivity index (χ1) is 20.0. The Bertz CT molecular complexity index is 1740. The smallest absolute Gasteiger partial charge is 0.248 e. The van der Waals surface area contributed by atoms with Gasteiger partial charge in [0.15, 0.2) is 5.78 Å². The van der Waals surface area contributed by atoms with Crippen molar-refractivity contribution in [3.8, 4) is 11.1 Å². The number of anilines is 1. The summed E-state index contributed by atoms with van der Waals surface area (Å²) in [4.78, 5) is 54.0. The molecule has 0 bridgehead atoms. The van der Waals surface area contributed by atoms with Crippen molar-refractivity contribution in [3.63, 3.8) is 0 Å². The van der Waals surface area contributed by atoms with Crippen LogP contribution in [0.5, 0.6) is 0 Å². The van der Waals surface area contributed by atoms with Crippen LogP contribution in [0.25, 0.3) is 22.0 Å². The second-order valence-corrected chi connectivity index (χ2v) is 11.3. The molecule has 1 fully saturated rings. The van der Waals surface area contributed by atoms with E-state index in [0.29, 0.717) is 28.2 Å². The number of hydrogen-bond donors (Lipinski definition) is 1. The molecule has 0 saturated carbocycles. The molecule has 3 aromatic heterocycles. The van der Waals surface area contributed by atoms with Gasteiger partial charge < -0.3 is 10.2 Å². The number of fused-ring (bicyclic) bond motifs is 1. The predicted octanol–water partition coefficient (Wildman–Crippen LogP) is 5.04. The Morgan fingerprint density at radius 2 is 1.88 bits per heavy atom. The number of rotatable bonds is 7. The number of likely N-dealkylation sites (tertiary alicyclic amines) is 1. The number of pyridine rings is 1. The highest BCUT2D eigenvalue weighted by Gasteiger charge is 2.44. The molecule has 1 saturated heterocycles. The maximum atomic E-state index is 15.9. The molecule has 1 aliphatic heterocycles. The molecule has 0 unspecified atom stereocenters. The summed E-state index contributed by atoms with van der Waals surface area (Å²) in [5.41, 5.74) is 1.62. The third-order valence-electron chi connectivity index (χ3n) is 7.54. The fourth-order valence-electron chi connectivity index (χ4n) is 5.40. The number of hydrogen-bond acceptors (Lipinski definition) is 7. The first-order valence-electron chi connectivity index (χ1n) is 13.4. The van der Waals surface area contributed by atoms with Crippen LogP contribution in [-0.4, -0.2) is 59.3 Å². The van der Waals surface area contributed by atoms with E-state index < -0.39 is 29.6 Å². The Morgan fingerprint density at radius 3 is 2.55 bits per heavy atom. The average Bonchev–Trinajstić information content (AvgIpc) is 3.49. The highest BCUT2D eigenvalue weighted by atomic mass is 79.9. The third-order valence-corrected chi connectivity index (χ3v) is 7.98. The molecular formula is C30H29BrFN7O3. The van der Waals surface area contributed by atoms with Gasteiger partial charge in [0.25, 0.3) is 0 Å². The van der Waals surface area contributed by atoms with E-state index in [4.69, 9.17) is 0 Å². The summed E-state index contributed by atoms with van der Waals surface area (Å²) < 4.78 is 17.8. The first kappa shape index (κ1) is 29.2. The van der Waals surface area contributed by atoms with E-state index in [0.717, 1.165) is 5.56 Å². The fourth-order valence-corrected chi connectivity index (χ4v) is 5.71. The molecule has 42 heavy (non-hydrogen) atoms. The van der Waals surface area contributed by atoms with Gasteiger partial charge in [-0.15, -0.1) is 6.58 Å². The summed E-state index contributed by atoms with van der Waals surface area (Å²) >= 11 is 3.32. The van der Waals surface area contributed by atoms with E-state index in [-0.39, 0.29) is 40.5 Å². The lowest BCUT2D eigenvalue weighted by atomic mass is 10.0. The molecule has 0 spiro atoms.